The van der Waals surface area contributed by atoms with Gasteiger partial charge in [0, 0.05) is 0 Å². The minimum atomic E-state index is 0. The van der Waals surface area contributed by atoms with E-state index >= 15 is 0 Å². The van der Waals surface area contributed by atoms with E-state index in [0.29, 0.717) is 0 Å². The second kappa shape index (κ2) is 19.1. The monoisotopic (exact) mass is 229 g/mol. The van der Waals surface area contributed by atoms with Crippen LogP contribution in [0.25, 0.3) is 0 Å². The quantitative estimate of drug-likeness (QED) is 0.514. The summed E-state index contributed by atoms with van der Waals surface area (Å²) in [4.78, 5) is 0. The molecule has 17 valence electrons. The summed E-state index contributed by atoms with van der Waals surface area (Å²) in [6.07, 6.45) is 0. The van der Waals surface area contributed by atoms with Gasteiger partial charge in [-0.2, -0.15) is 0 Å². The van der Waals surface area contributed by atoms with Crippen LogP contribution < -0.4 is 0 Å². The van der Waals surface area contributed by atoms with E-state index < -0.39 is 0 Å². The molecule has 0 unspecified atom stereocenters. The molecule has 4 heavy (non-hydrogen) atoms. The number of rotatable bonds is 0. The molecule has 0 spiro atoms. The molecule has 0 aliphatic rings. The molecule has 0 rings (SSSR count). The van der Waals surface area contributed by atoms with Crippen molar-refractivity contribution in [2.45, 2.75) is 0 Å². The summed E-state index contributed by atoms with van der Waals surface area (Å²) in [6.45, 7) is 0. The van der Waals surface area contributed by atoms with Crippen LogP contribution in [0.4, 0.5) is 0 Å². The maximum Gasteiger partial charge on any atom is 2.00 e. The van der Waals surface area contributed by atoms with E-state index in [0.717, 1.165) is 0 Å². The maximum absolute atomic E-state index is 0. The minimum Gasteiger partial charge on any atom is 2.00 e. The Morgan fingerprint density at radius 3 is 1.00 bits per heavy atom. The van der Waals surface area contributed by atoms with Crippen LogP contribution >= 0.6 is 0 Å². The smallest absolute Gasteiger partial charge is 2.00 e. The standard InChI is InChI=1S/Cr.Mn.Ni.Zn/q4*+2. The zero-order valence-corrected chi connectivity index (χ0v) is 8.22. The predicted octanol–water partition coefficient (Wildman–Crippen LogP) is -0.0100. The topological polar surface area (TPSA) is 0 Å². The summed E-state index contributed by atoms with van der Waals surface area (Å²) in [7, 11) is 0. The fourth-order valence-electron chi connectivity index (χ4n) is 0. The Kier molecular flexibility index (Phi) is 167. The maximum atomic E-state index is 0. The first-order chi connectivity index (χ1) is 0. The SMILES string of the molecule is [Cr+2].[Mn+2].[Ni+2].[Zn+2]. The van der Waals surface area contributed by atoms with E-state index in [1.54, 1.807) is 0 Å². The van der Waals surface area contributed by atoms with Crippen LogP contribution in [0.3, 0.4) is 0 Å². The van der Waals surface area contributed by atoms with Gasteiger partial charge in [-0.25, -0.2) is 0 Å². The summed E-state index contributed by atoms with van der Waals surface area (Å²) >= 11 is 0. The number of hydrogen-bond donors (Lipinski definition) is 0. The predicted molar refractivity (Wildman–Crippen MR) is 0 cm³/mol. The first kappa shape index (κ1) is 35.0. The number of hydrogen-bond acceptors (Lipinski definition) is 0. The van der Waals surface area contributed by atoms with Crippen LogP contribution in [0.15, 0.2) is 0 Å². The molecule has 0 N–H and O–H groups in total. The minimum absolute atomic E-state index is 0. The van der Waals surface area contributed by atoms with Crippen molar-refractivity contribution >= 4 is 0 Å². The van der Waals surface area contributed by atoms with Crippen LogP contribution in [0.5, 0.6) is 0 Å². The molecule has 0 amide bonds. The van der Waals surface area contributed by atoms with Crippen LogP contribution in [-0.2, 0) is 70.4 Å². The van der Waals surface area contributed by atoms with E-state index in [2.05, 4.69) is 0 Å². The summed E-state index contributed by atoms with van der Waals surface area (Å²) in [5, 5.41) is 0. The Hall–Kier alpha value is 2.17. The van der Waals surface area contributed by atoms with Gasteiger partial charge in [0.2, 0.25) is 0 Å². The van der Waals surface area contributed by atoms with Gasteiger partial charge in [-0.15, -0.1) is 0 Å². The molecule has 1 radical (unpaired) electrons. The molecule has 0 aliphatic heterocycles. The van der Waals surface area contributed by atoms with Gasteiger partial charge in [-0.05, 0) is 0 Å². The van der Waals surface area contributed by atoms with Crippen molar-refractivity contribution in [2.24, 2.45) is 0 Å². The van der Waals surface area contributed by atoms with Crippen molar-refractivity contribution < 1.29 is 70.4 Å². The van der Waals surface area contributed by atoms with Gasteiger partial charge >= 0.3 is 70.4 Å². The van der Waals surface area contributed by atoms with Crippen LogP contribution in [0.1, 0.15) is 0 Å². The molecule has 0 heterocycles. The van der Waals surface area contributed by atoms with Gasteiger partial charge in [-0.1, -0.05) is 0 Å². The molecule has 0 aromatic rings. The molecule has 0 aromatic carbocycles. The van der Waals surface area contributed by atoms with E-state index in [1.807, 2.05) is 0 Å². The fraction of sp³-hybridized carbons (Fsp3) is 0. The van der Waals surface area contributed by atoms with Gasteiger partial charge in [0.1, 0.15) is 0 Å². The second-order valence-electron chi connectivity index (χ2n) is 0. The van der Waals surface area contributed by atoms with Crippen LogP contribution in [0.2, 0.25) is 0 Å². The summed E-state index contributed by atoms with van der Waals surface area (Å²) in [5.41, 5.74) is 0. The third-order valence-electron chi connectivity index (χ3n) is 0. The van der Waals surface area contributed by atoms with E-state index in [4.69, 9.17) is 0 Å². The van der Waals surface area contributed by atoms with Crippen molar-refractivity contribution in [1.29, 1.82) is 0 Å². The fourth-order valence-corrected chi connectivity index (χ4v) is 0. The van der Waals surface area contributed by atoms with Gasteiger partial charge in [0.15, 0.2) is 0 Å². The van der Waals surface area contributed by atoms with E-state index in [-0.39, 0.29) is 70.4 Å². The van der Waals surface area contributed by atoms with Crippen LogP contribution in [-0.4, -0.2) is 0 Å². The largest absolute Gasteiger partial charge is 2.00 e. The Morgan fingerprint density at radius 1 is 1.00 bits per heavy atom. The molecule has 0 aliphatic carbocycles. The van der Waals surface area contributed by atoms with Crippen molar-refractivity contribution in [2.75, 3.05) is 0 Å². The zero-order valence-electron chi connectivity index (χ0n) is 1.81. The molecule has 0 fully saturated rings. The second-order valence-corrected chi connectivity index (χ2v) is 0. The summed E-state index contributed by atoms with van der Waals surface area (Å²) in [6, 6.07) is 0. The average Bonchev–Trinajstić information content (AvgIpc) is 0. The molecule has 0 aromatic heterocycles. The molecule has 0 atom stereocenters. The van der Waals surface area contributed by atoms with Crippen molar-refractivity contribution in [3.63, 3.8) is 0 Å². The van der Waals surface area contributed by atoms with E-state index in [9.17, 15) is 0 Å². The summed E-state index contributed by atoms with van der Waals surface area (Å²) in [5.74, 6) is 0. The molecular weight excluding hydrogens is 231 g/mol. The average molecular weight is 231 g/mol. The normalized spacial score (nSPS) is 0. The molecule has 0 saturated heterocycles. The Labute approximate surface area is 69.8 Å². The van der Waals surface area contributed by atoms with Crippen molar-refractivity contribution in [3.05, 3.63) is 0 Å². The Bertz CT molecular complexity index is 8.00. The summed E-state index contributed by atoms with van der Waals surface area (Å²) < 4.78 is 0. The molecular formula is CrMnNiZn+8. The van der Waals surface area contributed by atoms with Gasteiger partial charge < -0.3 is 0 Å². The molecule has 0 bridgehead atoms. The Morgan fingerprint density at radius 2 is 1.00 bits per heavy atom. The van der Waals surface area contributed by atoms with Gasteiger partial charge in [0.25, 0.3) is 0 Å². The Balaban J connectivity index is 0. The third-order valence-corrected chi connectivity index (χ3v) is 0. The third kappa shape index (κ3) is 8.90. The molecule has 0 saturated carbocycles. The first-order valence-electron chi connectivity index (χ1n) is 0. The first-order valence-corrected chi connectivity index (χ1v) is 0. The van der Waals surface area contributed by atoms with Gasteiger partial charge in [-0.3, -0.25) is 0 Å². The van der Waals surface area contributed by atoms with Crippen molar-refractivity contribution in [1.82, 2.24) is 0 Å². The van der Waals surface area contributed by atoms with E-state index in [1.165, 1.54) is 0 Å². The van der Waals surface area contributed by atoms with Crippen molar-refractivity contribution in [3.8, 4) is 0 Å². The van der Waals surface area contributed by atoms with Crippen LogP contribution in [0, 0.1) is 0 Å². The molecule has 4 heteroatoms. The van der Waals surface area contributed by atoms with Gasteiger partial charge in [0.05, 0.1) is 0 Å². The molecule has 0 nitrogen and oxygen atoms in total. The zero-order chi connectivity index (χ0) is 0.